The Morgan fingerprint density at radius 3 is 2.61 bits per heavy atom. The summed E-state index contributed by atoms with van der Waals surface area (Å²) in [7, 11) is 0. The van der Waals surface area contributed by atoms with Crippen LogP contribution >= 0.6 is 24.0 Å². The summed E-state index contributed by atoms with van der Waals surface area (Å²) in [5.74, 6) is 1.26. The summed E-state index contributed by atoms with van der Waals surface area (Å²) >= 11 is 0. The van der Waals surface area contributed by atoms with Crippen molar-refractivity contribution in [3.63, 3.8) is 0 Å². The highest BCUT2D eigenvalue weighted by atomic mass is 127. The maximum Gasteiger partial charge on any atom is 0.191 e. The van der Waals surface area contributed by atoms with Crippen LogP contribution in [-0.2, 0) is 6.42 Å². The quantitative estimate of drug-likeness (QED) is 0.173. The lowest BCUT2D eigenvalue weighted by molar-refractivity contribution is 0.0824. The molecule has 2 aromatic carbocycles. The number of nitrogens with zero attached hydrogens (tertiary/aromatic N) is 2. The van der Waals surface area contributed by atoms with Gasteiger partial charge in [-0.15, -0.1) is 24.0 Å². The van der Waals surface area contributed by atoms with Crippen LogP contribution in [0.4, 0.5) is 4.39 Å². The van der Waals surface area contributed by atoms with Crippen LogP contribution in [-0.4, -0.2) is 61.3 Å². The third-order valence-electron chi connectivity index (χ3n) is 5.48. The molecule has 0 spiro atoms. The largest absolute Gasteiger partial charge is 0.454 e. The van der Waals surface area contributed by atoms with Gasteiger partial charge in [0, 0.05) is 32.7 Å². The second kappa shape index (κ2) is 15.1. The monoisotopic (exact) mass is 570 g/mol. The van der Waals surface area contributed by atoms with Crippen LogP contribution < -0.4 is 15.4 Å². The van der Waals surface area contributed by atoms with Crippen LogP contribution in [0.3, 0.4) is 0 Å². The van der Waals surface area contributed by atoms with Crippen LogP contribution in [0.5, 0.6) is 11.5 Å². The first-order chi connectivity index (χ1) is 15.6. The highest BCUT2D eigenvalue weighted by molar-refractivity contribution is 14.0. The number of benzene rings is 2. The van der Waals surface area contributed by atoms with Gasteiger partial charge in [0.05, 0.1) is 6.10 Å². The average Bonchev–Trinajstić information content (AvgIpc) is 2.80. The summed E-state index contributed by atoms with van der Waals surface area (Å²) in [5.41, 5.74) is 0.901. The van der Waals surface area contributed by atoms with Gasteiger partial charge in [0.25, 0.3) is 0 Å². The van der Waals surface area contributed by atoms with Crippen molar-refractivity contribution in [2.24, 2.45) is 4.99 Å². The maximum absolute atomic E-state index is 14.4. The first-order valence-electron chi connectivity index (χ1n) is 11.6. The standard InChI is InChI=1S/C25H35FN4O2.HI/c1-2-27-25(28-14-6-16-30-17-12-21(31)13-18-30)29-15-11-20-9-10-24(23(26)19-20)32-22-7-4-3-5-8-22;/h3-5,7-10,19,21,31H,2,6,11-18H2,1H3,(H2,27,28,29);1H. The van der Waals surface area contributed by atoms with Gasteiger partial charge in [-0.05, 0) is 69.0 Å². The van der Waals surface area contributed by atoms with Crippen LogP contribution in [0, 0.1) is 5.82 Å². The van der Waals surface area contributed by atoms with E-state index >= 15 is 0 Å². The van der Waals surface area contributed by atoms with E-state index in [2.05, 4.69) is 20.5 Å². The van der Waals surface area contributed by atoms with Gasteiger partial charge in [-0.25, -0.2) is 4.39 Å². The minimum atomic E-state index is -0.364. The number of halogens is 2. The number of aliphatic hydroxyl groups is 1. The Hall–Kier alpha value is -1.91. The second-order valence-electron chi connectivity index (χ2n) is 8.04. The van der Waals surface area contributed by atoms with E-state index in [0.29, 0.717) is 18.7 Å². The molecule has 0 amide bonds. The summed E-state index contributed by atoms with van der Waals surface area (Å²) in [5, 5.41) is 16.2. The van der Waals surface area contributed by atoms with Crippen LogP contribution in [0.15, 0.2) is 53.5 Å². The van der Waals surface area contributed by atoms with Gasteiger partial charge in [0.2, 0.25) is 0 Å². The summed E-state index contributed by atoms with van der Waals surface area (Å²) in [6.45, 7) is 7.17. The van der Waals surface area contributed by atoms with E-state index in [1.807, 2.05) is 31.2 Å². The number of aliphatic hydroxyl groups excluding tert-OH is 1. The number of hydrogen-bond acceptors (Lipinski definition) is 4. The van der Waals surface area contributed by atoms with Crippen molar-refractivity contribution in [2.45, 2.75) is 38.7 Å². The van der Waals surface area contributed by atoms with Gasteiger partial charge >= 0.3 is 0 Å². The fraction of sp³-hybridized carbons (Fsp3) is 0.480. The highest BCUT2D eigenvalue weighted by Crippen LogP contribution is 2.25. The Labute approximate surface area is 213 Å². The molecule has 1 aliphatic heterocycles. The van der Waals surface area contributed by atoms with Crippen LogP contribution in [0.25, 0.3) is 0 Å². The van der Waals surface area contributed by atoms with Crippen molar-refractivity contribution in [3.8, 4) is 11.5 Å². The zero-order valence-corrected chi connectivity index (χ0v) is 21.6. The number of likely N-dealkylation sites (tertiary alicyclic amines) is 1. The molecular weight excluding hydrogens is 534 g/mol. The molecular formula is C25H36FIN4O2. The molecule has 8 heteroatoms. The lowest BCUT2D eigenvalue weighted by Gasteiger charge is -2.29. The molecule has 0 atom stereocenters. The molecule has 0 aromatic heterocycles. The van der Waals surface area contributed by atoms with Crippen molar-refractivity contribution in [1.29, 1.82) is 0 Å². The maximum atomic E-state index is 14.4. The van der Waals surface area contributed by atoms with Gasteiger partial charge in [0.1, 0.15) is 5.75 Å². The third-order valence-corrected chi connectivity index (χ3v) is 5.48. The Morgan fingerprint density at radius 2 is 1.91 bits per heavy atom. The van der Waals surface area contributed by atoms with E-state index in [1.54, 1.807) is 18.2 Å². The Bertz CT molecular complexity index is 846. The number of aliphatic imine (C=N–C) groups is 1. The second-order valence-corrected chi connectivity index (χ2v) is 8.04. The van der Waals surface area contributed by atoms with Crippen molar-refractivity contribution < 1.29 is 14.2 Å². The highest BCUT2D eigenvalue weighted by Gasteiger charge is 2.16. The summed E-state index contributed by atoms with van der Waals surface area (Å²) in [4.78, 5) is 7.04. The Kier molecular flexibility index (Phi) is 12.5. The molecule has 0 unspecified atom stereocenters. The SMILES string of the molecule is CCNC(=NCCCN1CCC(O)CC1)NCCc1ccc(Oc2ccccc2)c(F)c1.I. The minimum absolute atomic E-state index is 0. The van der Waals surface area contributed by atoms with Gasteiger partial charge in [-0.2, -0.15) is 0 Å². The number of hydrogen-bond donors (Lipinski definition) is 3. The molecule has 0 bridgehead atoms. The van der Waals surface area contributed by atoms with Crippen LogP contribution in [0.2, 0.25) is 0 Å². The van der Waals surface area contributed by atoms with Crippen molar-refractivity contribution in [2.75, 3.05) is 39.3 Å². The van der Waals surface area contributed by atoms with Crippen molar-refractivity contribution in [3.05, 3.63) is 59.9 Å². The molecule has 33 heavy (non-hydrogen) atoms. The van der Waals surface area contributed by atoms with Gasteiger partial charge in [0.15, 0.2) is 17.5 Å². The van der Waals surface area contributed by atoms with E-state index in [0.717, 1.165) is 63.5 Å². The molecule has 1 aliphatic rings. The molecule has 3 N–H and O–H groups in total. The van der Waals surface area contributed by atoms with Crippen molar-refractivity contribution >= 4 is 29.9 Å². The van der Waals surface area contributed by atoms with E-state index in [-0.39, 0.29) is 41.6 Å². The van der Waals surface area contributed by atoms with Crippen molar-refractivity contribution in [1.82, 2.24) is 15.5 Å². The van der Waals surface area contributed by atoms with Gasteiger partial charge in [-0.3, -0.25) is 4.99 Å². The lowest BCUT2D eigenvalue weighted by Crippen LogP contribution is -2.39. The molecule has 3 rings (SSSR count). The molecule has 2 aromatic rings. The normalized spacial score (nSPS) is 15.1. The number of nitrogens with one attached hydrogen (secondary N) is 2. The topological polar surface area (TPSA) is 69.1 Å². The van der Waals surface area contributed by atoms with Crippen LogP contribution in [0.1, 0.15) is 31.7 Å². The first kappa shape index (κ1) is 27.3. The lowest BCUT2D eigenvalue weighted by atomic mass is 10.1. The fourth-order valence-electron chi connectivity index (χ4n) is 3.69. The number of piperidine rings is 1. The average molecular weight is 570 g/mol. The number of rotatable bonds is 10. The molecule has 6 nitrogen and oxygen atoms in total. The first-order valence-corrected chi connectivity index (χ1v) is 11.6. The third kappa shape index (κ3) is 9.85. The molecule has 1 heterocycles. The Balaban J connectivity index is 0.00000385. The zero-order chi connectivity index (χ0) is 22.6. The van der Waals surface area contributed by atoms with Gasteiger partial charge in [-0.1, -0.05) is 24.3 Å². The molecule has 182 valence electrons. The van der Waals surface area contributed by atoms with E-state index in [9.17, 15) is 9.50 Å². The number of ether oxygens (including phenoxy) is 1. The number of guanidine groups is 1. The smallest absolute Gasteiger partial charge is 0.191 e. The molecule has 0 aliphatic carbocycles. The minimum Gasteiger partial charge on any atom is -0.454 e. The molecule has 1 fully saturated rings. The predicted octanol–water partition coefficient (Wildman–Crippen LogP) is 4.18. The molecule has 0 radical (unpaired) electrons. The fourth-order valence-corrected chi connectivity index (χ4v) is 3.69. The van der Waals surface area contributed by atoms with E-state index < -0.39 is 0 Å². The zero-order valence-electron chi connectivity index (χ0n) is 19.3. The Morgan fingerprint density at radius 1 is 1.15 bits per heavy atom. The molecule has 0 saturated carbocycles. The van der Waals surface area contributed by atoms with E-state index in [1.165, 1.54) is 6.07 Å². The summed E-state index contributed by atoms with van der Waals surface area (Å²) in [6.07, 6.45) is 3.28. The summed E-state index contributed by atoms with van der Waals surface area (Å²) < 4.78 is 20.0. The van der Waals surface area contributed by atoms with E-state index in [4.69, 9.17) is 4.74 Å². The summed E-state index contributed by atoms with van der Waals surface area (Å²) in [6, 6.07) is 14.3. The predicted molar refractivity (Wildman–Crippen MR) is 142 cm³/mol. The molecule has 1 saturated heterocycles. The number of para-hydroxylation sites is 1. The van der Waals surface area contributed by atoms with Gasteiger partial charge < -0.3 is 25.4 Å².